The molecule has 0 aliphatic carbocycles. The number of methoxy groups -OCH3 is 1. The van der Waals surface area contributed by atoms with E-state index in [1.807, 2.05) is 6.07 Å². The average Bonchev–Trinajstić information content (AvgIpc) is 2.56. The van der Waals surface area contributed by atoms with Gasteiger partial charge in [0, 0.05) is 17.6 Å². The smallest absolute Gasteiger partial charge is 0.490 e. The molecule has 2 aromatic rings. The van der Waals surface area contributed by atoms with Gasteiger partial charge in [0.2, 0.25) is 0 Å². The van der Waals surface area contributed by atoms with E-state index in [0.717, 1.165) is 5.56 Å². The van der Waals surface area contributed by atoms with E-state index in [9.17, 15) is 13.2 Å². The second kappa shape index (κ2) is 9.51. The molecule has 2 rings (SSSR count). The maximum Gasteiger partial charge on any atom is 0.490 e. The number of aliphatic carboxylic acids is 1. The van der Waals surface area contributed by atoms with Crippen LogP contribution in [0.3, 0.4) is 0 Å². The van der Waals surface area contributed by atoms with E-state index in [0.29, 0.717) is 33.8 Å². The third kappa shape index (κ3) is 6.62. The second-order valence-corrected chi connectivity index (χ2v) is 5.47. The summed E-state index contributed by atoms with van der Waals surface area (Å²) in [5, 5.41) is 8.17. The van der Waals surface area contributed by atoms with Gasteiger partial charge in [-0.2, -0.15) is 13.2 Å². The van der Waals surface area contributed by atoms with Crippen molar-refractivity contribution in [3.8, 4) is 17.2 Å². The summed E-state index contributed by atoms with van der Waals surface area (Å²) in [5.41, 5.74) is 6.42. The van der Waals surface area contributed by atoms with Crippen LogP contribution in [0.1, 0.15) is 5.56 Å². The van der Waals surface area contributed by atoms with Gasteiger partial charge >= 0.3 is 12.1 Å². The number of nitrogens with two attached hydrogens (primary N) is 1. The highest BCUT2D eigenvalue weighted by molar-refractivity contribution is 6.32. The molecule has 3 N–H and O–H groups in total. The Morgan fingerprint density at radius 1 is 1.12 bits per heavy atom. The van der Waals surface area contributed by atoms with E-state index >= 15 is 0 Å². The molecule has 0 saturated heterocycles. The van der Waals surface area contributed by atoms with Crippen LogP contribution in [0.15, 0.2) is 36.4 Å². The van der Waals surface area contributed by atoms with Crippen LogP contribution in [0.5, 0.6) is 17.2 Å². The molecular weight excluding hydrogens is 398 g/mol. The van der Waals surface area contributed by atoms with Crippen LogP contribution >= 0.6 is 23.2 Å². The Labute approximate surface area is 157 Å². The maximum absolute atomic E-state index is 10.6. The molecule has 0 unspecified atom stereocenters. The van der Waals surface area contributed by atoms with Crippen LogP contribution in [0.2, 0.25) is 10.0 Å². The van der Waals surface area contributed by atoms with E-state index < -0.39 is 12.1 Å². The van der Waals surface area contributed by atoms with Crippen LogP contribution in [0, 0.1) is 0 Å². The van der Waals surface area contributed by atoms with E-state index in [-0.39, 0.29) is 0 Å². The largest absolute Gasteiger partial charge is 0.497 e. The first-order valence-corrected chi connectivity index (χ1v) is 7.64. The van der Waals surface area contributed by atoms with E-state index in [1.54, 1.807) is 37.4 Å². The molecular formula is C16H14Cl2F3NO4. The lowest BCUT2D eigenvalue weighted by atomic mass is 10.2. The third-order valence-corrected chi connectivity index (χ3v) is 3.50. The van der Waals surface area contributed by atoms with Crippen LogP contribution in [0.25, 0.3) is 0 Å². The number of carboxylic acids is 1. The first-order chi connectivity index (χ1) is 12.1. The predicted molar refractivity (Wildman–Crippen MR) is 91.1 cm³/mol. The molecule has 0 fully saturated rings. The average molecular weight is 412 g/mol. The number of ether oxygens (including phenoxy) is 2. The molecule has 26 heavy (non-hydrogen) atoms. The number of halogens is 5. The molecule has 5 nitrogen and oxygen atoms in total. The molecule has 0 spiro atoms. The zero-order chi connectivity index (χ0) is 19.9. The van der Waals surface area contributed by atoms with Gasteiger partial charge in [-0.25, -0.2) is 4.79 Å². The first-order valence-electron chi connectivity index (χ1n) is 6.88. The monoisotopic (exact) mass is 411 g/mol. The van der Waals surface area contributed by atoms with E-state index in [4.69, 9.17) is 48.3 Å². The van der Waals surface area contributed by atoms with E-state index in [1.165, 1.54) is 0 Å². The molecule has 0 amide bonds. The van der Waals surface area contributed by atoms with Crippen molar-refractivity contribution in [2.24, 2.45) is 5.73 Å². The van der Waals surface area contributed by atoms with Gasteiger partial charge in [-0.1, -0.05) is 29.3 Å². The van der Waals surface area contributed by atoms with Gasteiger partial charge in [0.15, 0.2) is 0 Å². The van der Waals surface area contributed by atoms with Gasteiger partial charge in [0.1, 0.15) is 17.2 Å². The summed E-state index contributed by atoms with van der Waals surface area (Å²) >= 11 is 12.2. The number of rotatable bonds is 4. The summed E-state index contributed by atoms with van der Waals surface area (Å²) in [4.78, 5) is 8.90. The third-order valence-electron chi connectivity index (χ3n) is 2.85. The lowest BCUT2D eigenvalue weighted by molar-refractivity contribution is -0.192. The van der Waals surface area contributed by atoms with Crippen LogP contribution < -0.4 is 15.2 Å². The number of benzene rings is 2. The molecule has 0 aliphatic rings. The van der Waals surface area contributed by atoms with Gasteiger partial charge < -0.3 is 20.3 Å². The molecule has 0 bridgehead atoms. The summed E-state index contributed by atoms with van der Waals surface area (Å²) in [6, 6.07) is 10.5. The highest BCUT2D eigenvalue weighted by atomic mass is 35.5. The molecule has 142 valence electrons. The molecule has 0 radical (unpaired) electrons. The minimum absolute atomic E-state index is 0.391. The Morgan fingerprint density at radius 2 is 1.65 bits per heavy atom. The summed E-state index contributed by atoms with van der Waals surface area (Å²) < 4.78 is 42.5. The predicted octanol–water partition coefficient (Wildman–Crippen LogP) is 4.89. The van der Waals surface area contributed by atoms with Crippen molar-refractivity contribution in [3.05, 3.63) is 52.0 Å². The molecule has 0 heterocycles. The van der Waals surface area contributed by atoms with Gasteiger partial charge in [-0.3, -0.25) is 0 Å². The Bertz CT molecular complexity index is 770. The number of hydrogen-bond donors (Lipinski definition) is 2. The maximum atomic E-state index is 10.6. The summed E-state index contributed by atoms with van der Waals surface area (Å²) in [6.45, 7) is 0.391. The van der Waals surface area contributed by atoms with Gasteiger partial charge in [0.25, 0.3) is 0 Å². The number of hydrogen-bond acceptors (Lipinski definition) is 4. The van der Waals surface area contributed by atoms with Crippen LogP contribution in [-0.2, 0) is 11.3 Å². The second-order valence-electron chi connectivity index (χ2n) is 4.66. The standard InChI is InChI=1S/C14H13Cl2NO2.C2HF3O2/c1-18-10-4-5-14(13(16)6-10)19-11-3-2-9(8-17)12(15)7-11;3-2(4,5)1(6)7/h2-7H,8,17H2,1H3;(H,6,7). The van der Waals surface area contributed by atoms with Crippen molar-refractivity contribution in [2.45, 2.75) is 12.7 Å². The highest BCUT2D eigenvalue weighted by Crippen LogP contribution is 2.33. The SMILES string of the molecule is COc1ccc(Oc2ccc(CN)c(Cl)c2)c(Cl)c1.O=C(O)C(F)(F)F. The highest BCUT2D eigenvalue weighted by Gasteiger charge is 2.38. The Morgan fingerprint density at radius 3 is 2.08 bits per heavy atom. The number of carbonyl (C=O) groups is 1. The Hall–Kier alpha value is -2.16. The minimum atomic E-state index is -5.08. The van der Waals surface area contributed by atoms with Gasteiger partial charge in [0.05, 0.1) is 12.1 Å². The van der Waals surface area contributed by atoms with Crippen LogP contribution in [-0.4, -0.2) is 24.4 Å². The van der Waals surface area contributed by atoms with Gasteiger partial charge in [-0.05, 0) is 29.8 Å². The van der Waals surface area contributed by atoms with E-state index in [2.05, 4.69) is 0 Å². The molecule has 10 heteroatoms. The Kier molecular flexibility index (Phi) is 8.01. The molecule has 2 aromatic carbocycles. The number of carboxylic acid groups (broad SMARTS) is 1. The molecule has 0 atom stereocenters. The summed E-state index contributed by atoms with van der Waals surface area (Å²) in [7, 11) is 1.58. The lowest BCUT2D eigenvalue weighted by Crippen LogP contribution is -2.21. The fourth-order valence-corrected chi connectivity index (χ4v) is 2.03. The van der Waals surface area contributed by atoms with Crippen molar-refractivity contribution < 1.29 is 32.5 Å². The summed E-state index contributed by atoms with van der Waals surface area (Å²) in [6.07, 6.45) is -5.08. The fourth-order valence-electron chi connectivity index (χ4n) is 1.58. The zero-order valence-corrected chi connectivity index (χ0v) is 14.8. The minimum Gasteiger partial charge on any atom is -0.497 e. The van der Waals surface area contributed by atoms with Crippen molar-refractivity contribution in [1.82, 2.24) is 0 Å². The summed E-state index contributed by atoms with van der Waals surface area (Å²) in [5.74, 6) is -0.935. The molecule has 0 saturated carbocycles. The van der Waals surface area contributed by atoms with Crippen molar-refractivity contribution >= 4 is 29.2 Å². The fraction of sp³-hybridized carbons (Fsp3) is 0.188. The molecule has 0 aromatic heterocycles. The lowest BCUT2D eigenvalue weighted by Gasteiger charge is -2.10. The zero-order valence-electron chi connectivity index (χ0n) is 13.3. The van der Waals surface area contributed by atoms with Crippen molar-refractivity contribution in [3.63, 3.8) is 0 Å². The Balaban J connectivity index is 0.000000412. The normalized spacial score (nSPS) is 10.6. The topological polar surface area (TPSA) is 81.8 Å². The van der Waals surface area contributed by atoms with Crippen LogP contribution in [0.4, 0.5) is 13.2 Å². The number of alkyl halides is 3. The quantitative estimate of drug-likeness (QED) is 0.748. The first kappa shape index (κ1) is 21.9. The van der Waals surface area contributed by atoms with Crippen molar-refractivity contribution in [1.29, 1.82) is 0 Å². The van der Waals surface area contributed by atoms with Crippen molar-refractivity contribution in [2.75, 3.05) is 7.11 Å². The molecule has 0 aliphatic heterocycles. The van der Waals surface area contributed by atoms with Gasteiger partial charge in [-0.15, -0.1) is 0 Å².